The second-order valence-corrected chi connectivity index (χ2v) is 8.62. The van der Waals surface area contributed by atoms with Gasteiger partial charge in [-0.2, -0.15) is 0 Å². The zero-order valence-corrected chi connectivity index (χ0v) is 17.9. The molecular formula is C27H29N3O. The highest BCUT2D eigenvalue weighted by atomic mass is 16.2. The van der Waals surface area contributed by atoms with E-state index in [-0.39, 0.29) is 23.9 Å². The summed E-state index contributed by atoms with van der Waals surface area (Å²) in [5.41, 5.74) is 4.94. The van der Waals surface area contributed by atoms with Gasteiger partial charge in [-0.3, -0.25) is 4.79 Å². The third-order valence-electron chi connectivity index (χ3n) is 6.74. The second-order valence-electron chi connectivity index (χ2n) is 8.62. The third-order valence-corrected chi connectivity index (χ3v) is 6.74. The van der Waals surface area contributed by atoms with Gasteiger partial charge in [0.15, 0.2) is 0 Å². The van der Waals surface area contributed by atoms with Crippen LogP contribution in [0.2, 0.25) is 0 Å². The van der Waals surface area contributed by atoms with Crippen molar-refractivity contribution in [3.63, 3.8) is 0 Å². The van der Waals surface area contributed by atoms with Gasteiger partial charge in [0.05, 0.1) is 18.0 Å². The molecule has 0 aliphatic carbocycles. The number of benzene rings is 3. The van der Waals surface area contributed by atoms with Crippen LogP contribution in [0, 0.1) is 5.92 Å². The normalized spacial score (nSPS) is 21.1. The molecule has 0 unspecified atom stereocenters. The summed E-state index contributed by atoms with van der Waals surface area (Å²) >= 11 is 0. The van der Waals surface area contributed by atoms with Gasteiger partial charge in [-0.15, -0.1) is 0 Å². The summed E-state index contributed by atoms with van der Waals surface area (Å²) in [7, 11) is 0. The Labute approximate surface area is 184 Å². The maximum atomic E-state index is 13.5. The van der Waals surface area contributed by atoms with Crippen LogP contribution in [0.3, 0.4) is 0 Å². The first-order valence-corrected chi connectivity index (χ1v) is 11.2. The summed E-state index contributed by atoms with van der Waals surface area (Å²) in [6.07, 6.45) is 0.785. The lowest BCUT2D eigenvalue weighted by atomic mass is 9.83. The molecule has 1 saturated heterocycles. The fourth-order valence-electron chi connectivity index (χ4n) is 5.08. The molecule has 2 aliphatic heterocycles. The van der Waals surface area contributed by atoms with Crippen LogP contribution in [-0.2, 0) is 11.2 Å². The number of piperazine rings is 1. The van der Waals surface area contributed by atoms with Crippen LogP contribution in [-0.4, -0.2) is 31.6 Å². The molecule has 0 spiro atoms. The van der Waals surface area contributed by atoms with E-state index in [9.17, 15) is 4.79 Å². The van der Waals surface area contributed by atoms with Crippen molar-refractivity contribution in [2.45, 2.75) is 25.4 Å². The summed E-state index contributed by atoms with van der Waals surface area (Å²) in [4.78, 5) is 18.4. The van der Waals surface area contributed by atoms with Gasteiger partial charge in [-0.25, -0.2) is 0 Å². The van der Waals surface area contributed by atoms with Crippen LogP contribution >= 0.6 is 0 Å². The molecule has 2 aliphatic rings. The van der Waals surface area contributed by atoms with E-state index >= 15 is 0 Å². The first kappa shape index (κ1) is 19.7. The number of fused-ring (bicyclic) bond motifs is 3. The average molecular weight is 412 g/mol. The smallest absolute Gasteiger partial charge is 0.226 e. The van der Waals surface area contributed by atoms with Gasteiger partial charge in [0.1, 0.15) is 0 Å². The SMILES string of the molecule is C[C@H](NC(=O)[C@@H]1Cc2ccccc2N2CCN(c3ccccc3)C[C@H]12)c1ccccc1. The van der Waals surface area contributed by atoms with Crippen molar-refractivity contribution in [1.82, 2.24) is 5.32 Å². The van der Waals surface area contributed by atoms with E-state index in [0.717, 1.165) is 31.6 Å². The molecule has 0 radical (unpaired) electrons. The van der Waals surface area contributed by atoms with Crippen molar-refractivity contribution in [3.05, 3.63) is 96.1 Å². The van der Waals surface area contributed by atoms with Gasteiger partial charge in [0.2, 0.25) is 5.91 Å². The van der Waals surface area contributed by atoms with E-state index < -0.39 is 0 Å². The third kappa shape index (κ3) is 3.90. The molecule has 4 nitrogen and oxygen atoms in total. The first-order chi connectivity index (χ1) is 15.2. The Balaban J connectivity index is 1.42. The molecule has 0 aromatic heterocycles. The van der Waals surface area contributed by atoms with Gasteiger partial charge in [0, 0.05) is 31.0 Å². The lowest BCUT2D eigenvalue weighted by Crippen LogP contribution is -2.61. The predicted molar refractivity (Wildman–Crippen MR) is 126 cm³/mol. The summed E-state index contributed by atoms with van der Waals surface area (Å²) in [5, 5.41) is 3.30. The molecule has 3 atom stereocenters. The number of hydrogen-bond donors (Lipinski definition) is 1. The highest BCUT2D eigenvalue weighted by molar-refractivity contribution is 5.82. The van der Waals surface area contributed by atoms with Gasteiger partial charge in [-0.05, 0) is 42.7 Å². The van der Waals surface area contributed by atoms with E-state index in [1.54, 1.807) is 0 Å². The minimum atomic E-state index is -0.0763. The Morgan fingerprint density at radius 2 is 1.58 bits per heavy atom. The number of carbonyl (C=O) groups excluding carboxylic acids is 1. The Kier molecular flexibility index (Phi) is 5.37. The van der Waals surface area contributed by atoms with Crippen LogP contribution in [0.1, 0.15) is 24.1 Å². The Bertz CT molecular complexity index is 1040. The highest BCUT2D eigenvalue weighted by Crippen LogP contribution is 2.37. The Morgan fingerprint density at radius 3 is 2.35 bits per heavy atom. The monoisotopic (exact) mass is 411 g/mol. The zero-order valence-electron chi connectivity index (χ0n) is 17.9. The fraction of sp³-hybridized carbons (Fsp3) is 0.296. The summed E-state index contributed by atoms with van der Waals surface area (Å²) in [6.45, 7) is 4.81. The first-order valence-electron chi connectivity index (χ1n) is 11.2. The molecule has 1 amide bonds. The molecule has 5 rings (SSSR count). The lowest BCUT2D eigenvalue weighted by molar-refractivity contribution is -0.126. The van der Waals surface area contributed by atoms with Crippen molar-refractivity contribution in [2.24, 2.45) is 5.92 Å². The molecule has 2 heterocycles. The quantitative estimate of drug-likeness (QED) is 0.690. The van der Waals surface area contributed by atoms with E-state index in [1.165, 1.54) is 16.9 Å². The maximum absolute atomic E-state index is 13.5. The van der Waals surface area contributed by atoms with Crippen LogP contribution in [0.15, 0.2) is 84.9 Å². The Hall–Kier alpha value is -3.27. The molecular weight excluding hydrogens is 382 g/mol. The minimum Gasteiger partial charge on any atom is -0.368 e. The molecule has 3 aromatic rings. The van der Waals surface area contributed by atoms with E-state index in [0.29, 0.717) is 0 Å². The number of anilines is 2. The highest BCUT2D eigenvalue weighted by Gasteiger charge is 2.41. The standard InChI is InChI=1S/C27H29N3O/c1-20(21-10-4-2-5-11-21)28-27(31)24-18-22-12-8-9-15-25(22)30-17-16-29(19-26(24)30)23-13-6-3-7-14-23/h2-15,20,24,26H,16-19H2,1H3,(H,28,31)/t20-,24+,26+/m0/s1. The molecule has 0 saturated carbocycles. The minimum absolute atomic E-state index is 0.00635. The van der Waals surface area contributed by atoms with Crippen LogP contribution in [0.4, 0.5) is 11.4 Å². The maximum Gasteiger partial charge on any atom is 0.226 e. The number of hydrogen-bond acceptors (Lipinski definition) is 3. The van der Waals surface area contributed by atoms with Crippen LogP contribution in [0.5, 0.6) is 0 Å². The number of nitrogens with zero attached hydrogens (tertiary/aromatic N) is 2. The largest absolute Gasteiger partial charge is 0.368 e. The number of para-hydroxylation sites is 2. The summed E-state index contributed by atoms with van der Waals surface area (Å²) in [6, 6.07) is 29.5. The van der Waals surface area contributed by atoms with Crippen molar-refractivity contribution < 1.29 is 4.79 Å². The number of nitrogens with one attached hydrogen (secondary N) is 1. The predicted octanol–water partition coefficient (Wildman–Crippen LogP) is 4.43. The molecule has 3 aromatic carbocycles. The van der Waals surface area contributed by atoms with Crippen LogP contribution in [0.25, 0.3) is 0 Å². The van der Waals surface area contributed by atoms with E-state index in [2.05, 4.69) is 88.8 Å². The van der Waals surface area contributed by atoms with Crippen LogP contribution < -0.4 is 15.1 Å². The average Bonchev–Trinajstić information content (AvgIpc) is 2.84. The topological polar surface area (TPSA) is 35.6 Å². The van der Waals surface area contributed by atoms with Gasteiger partial charge in [0.25, 0.3) is 0 Å². The van der Waals surface area contributed by atoms with Crippen molar-refractivity contribution in [3.8, 4) is 0 Å². The van der Waals surface area contributed by atoms with Crippen molar-refractivity contribution in [2.75, 3.05) is 29.4 Å². The number of rotatable bonds is 4. The van der Waals surface area contributed by atoms with E-state index in [4.69, 9.17) is 0 Å². The summed E-state index contributed by atoms with van der Waals surface area (Å²) < 4.78 is 0. The summed E-state index contributed by atoms with van der Waals surface area (Å²) in [5.74, 6) is 0.0725. The van der Waals surface area contributed by atoms with Gasteiger partial charge < -0.3 is 15.1 Å². The number of carbonyl (C=O) groups is 1. The molecule has 1 fully saturated rings. The lowest BCUT2D eigenvalue weighted by Gasteiger charge is -2.49. The Morgan fingerprint density at radius 1 is 0.903 bits per heavy atom. The second kappa shape index (κ2) is 8.46. The van der Waals surface area contributed by atoms with Gasteiger partial charge >= 0.3 is 0 Å². The molecule has 158 valence electrons. The number of amides is 1. The fourth-order valence-corrected chi connectivity index (χ4v) is 5.08. The molecule has 4 heteroatoms. The van der Waals surface area contributed by atoms with Crippen molar-refractivity contribution >= 4 is 17.3 Å². The van der Waals surface area contributed by atoms with E-state index in [1.807, 2.05) is 18.2 Å². The zero-order chi connectivity index (χ0) is 21.2. The molecule has 1 N–H and O–H groups in total. The van der Waals surface area contributed by atoms with Gasteiger partial charge in [-0.1, -0.05) is 66.7 Å². The molecule has 31 heavy (non-hydrogen) atoms. The molecule has 0 bridgehead atoms. The van der Waals surface area contributed by atoms with Crippen molar-refractivity contribution in [1.29, 1.82) is 0 Å².